The Kier molecular flexibility index (Phi) is 7.75. The molecule has 0 unspecified atom stereocenters. The number of sulfonamides is 1. The van der Waals surface area contributed by atoms with Crippen molar-refractivity contribution in [2.24, 2.45) is 0 Å². The van der Waals surface area contributed by atoms with Crippen molar-refractivity contribution in [2.75, 3.05) is 31.3 Å². The average Bonchev–Trinajstić information content (AvgIpc) is 3.56. The zero-order valence-electron chi connectivity index (χ0n) is 23.2. The molecule has 3 aromatic carbocycles. The molecular formula is C31H32N2O8S. The van der Waals surface area contributed by atoms with E-state index in [1.807, 2.05) is 30.3 Å². The van der Waals surface area contributed by atoms with Gasteiger partial charge in [-0.3, -0.25) is 9.59 Å². The van der Waals surface area contributed by atoms with E-state index in [4.69, 9.17) is 18.9 Å². The Labute approximate surface area is 244 Å². The number of para-hydroxylation sites is 1. The van der Waals surface area contributed by atoms with E-state index in [0.717, 1.165) is 12.0 Å². The summed E-state index contributed by atoms with van der Waals surface area (Å²) in [6, 6.07) is 20.6. The van der Waals surface area contributed by atoms with Gasteiger partial charge >= 0.3 is 5.97 Å². The Hall–Kier alpha value is -3.77. The van der Waals surface area contributed by atoms with Gasteiger partial charge in [-0.05, 0) is 67.3 Å². The maximum atomic E-state index is 13.9. The fourth-order valence-corrected chi connectivity index (χ4v) is 7.40. The third kappa shape index (κ3) is 5.29. The van der Waals surface area contributed by atoms with Gasteiger partial charge < -0.3 is 23.8 Å². The number of carbonyl (C=O) groups excluding carboxylic acids is 2. The van der Waals surface area contributed by atoms with Crippen LogP contribution in [0.5, 0.6) is 11.5 Å². The van der Waals surface area contributed by atoms with Crippen LogP contribution in [0, 0.1) is 0 Å². The van der Waals surface area contributed by atoms with Crippen LogP contribution in [0.25, 0.3) is 0 Å². The number of hydrogen-bond donors (Lipinski definition) is 0. The first-order valence-corrected chi connectivity index (χ1v) is 15.4. The van der Waals surface area contributed by atoms with Crippen molar-refractivity contribution < 1.29 is 37.0 Å². The molecule has 2 saturated heterocycles. The fraction of sp³-hybridized carbons (Fsp3) is 0.355. The van der Waals surface area contributed by atoms with Crippen molar-refractivity contribution in [3.63, 3.8) is 0 Å². The lowest BCUT2D eigenvalue weighted by Crippen LogP contribution is -2.47. The first-order chi connectivity index (χ1) is 20.3. The molecule has 0 radical (unpaired) electrons. The average molecular weight is 593 g/mol. The van der Waals surface area contributed by atoms with Crippen molar-refractivity contribution in [1.82, 2.24) is 4.31 Å². The zero-order valence-corrected chi connectivity index (χ0v) is 24.0. The molecule has 3 aliphatic rings. The number of esters is 1. The summed E-state index contributed by atoms with van der Waals surface area (Å²) in [5, 5.41) is 0. The maximum absolute atomic E-state index is 13.9. The lowest BCUT2D eigenvalue weighted by Gasteiger charge is -2.32. The van der Waals surface area contributed by atoms with Gasteiger partial charge in [0.1, 0.15) is 18.1 Å². The van der Waals surface area contributed by atoms with Crippen molar-refractivity contribution in [2.45, 2.75) is 49.5 Å². The second-order valence-corrected chi connectivity index (χ2v) is 12.4. The second kappa shape index (κ2) is 11.5. The highest BCUT2D eigenvalue weighted by molar-refractivity contribution is 7.89. The van der Waals surface area contributed by atoms with E-state index in [1.165, 1.54) is 23.4 Å². The van der Waals surface area contributed by atoms with E-state index in [-0.39, 0.29) is 24.1 Å². The van der Waals surface area contributed by atoms with Gasteiger partial charge in [0.05, 0.1) is 36.4 Å². The summed E-state index contributed by atoms with van der Waals surface area (Å²) in [6.45, 7) is 2.75. The van der Waals surface area contributed by atoms with Gasteiger partial charge in [-0.25, -0.2) is 8.42 Å². The Morgan fingerprint density at radius 3 is 2.43 bits per heavy atom. The standard InChI is InChI=1S/C31H32N2O8S/c1-22(34)41-26-12-10-23(11-13-26)20-32-29-15-14-27(19-28(29)31(30(32)35)39-17-6-18-40-31)42(36,37)33-16-5-7-24(33)21-38-25-8-3-2-4-9-25/h2-4,8-15,19,24H,5-7,16-18,20-21H2,1H3/t24-/m0/s1. The summed E-state index contributed by atoms with van der Waals surface area (Å²) in [5.74, 6) is -1.45. The Morgan fingerprint density at radius 1 is 0.976 bits per heavy atom. The van der Waals surface area contributed by atoms with E-state index in [1.54, 1.807) is 35.2 Å². The number of anilines is 1. The lowest BCUT2D eigenvalue weighted by atomic mass is 10.1. The number of rotatable bonds is 8. The predicted molar refractivity (Wildman–Crippen MR) is 152 cm³/mol. The van der Waals surface area contributed by atoms with Crippen LogP contribution >= 0.6 is 0 Å². The van der Waals surface area contributed by atoms with Gasteiger partial charge in [-0.1, -0.05) is 30.3 Å². The molecule has 0 aromatic heterocycles. The Morgan fingerprint density at radius 2 is 1.71 bits per heavy atom. The summed E-state index contributed by atoms with van der Waals surface area (Å²) in [4.78, 5) is 26.8. The van der Waals surface area contributed by atoms with Gasteiger partial charge in [0.15, 0.2) is 0 Å². The molecule has 0 saturated carbocycles. The number of benzene rings is 3. The number of carbonyl (C=O) groups is 2. The topological polar surface area (TPSA) is 112 Å². The van der Waals surface area contributed by atoms with Gasteiger partial charge in [-0.2, -0.15) is 4.31 Å². The van der Waals surface area contributed by atoms with Crippen LogP contribution < -0.4 is 14.4 Å². The molecule has 1 amide bonds. The van der Waals surface area contributed by atoms with E-state index in [9.17, 15) is 18.0 Å². The lowest BCUT2D eigenvalue weighted by molar-refractivity contribution is -0.256. The van der Waals surface area contributed by atoms with Crippen molar-refractivity contribution in [1.29, 1.82) is 0 Å². The van der Waals surface area contributed by atoms with Crippen LogP contribution in [0.3, 0.4) is 0 Å². The highest BCUT2D eigenvalue weighted by atomic mass is 32.2. The third-order valence-corrected chi connectivity index (χ3v) is 9.63. The first-order valence-electron chi connectivity index (χ1n) is 14.0. The molecular weight excluding hydrogens is 560 g/mol. The van der Waals surface area contributed by atoms with Crippen LogP contribution in [0.4, 0.5) is 5.69 Å². The summed E-state index contributed by atoms with van der Waals surface area (Å²) in [5.41, 5.74) is 1.68. The van der Waals surface area contributed by atoms with Crippen molar-refractivity contribution in [3.05, 3.63) is 83.9 Å². The van der Waals surface area contributed by atoms with E-state index in [0.29, 0.717) is 55.4 Å². The molecule has 0 aliphatic carbocycles. The van der Waals surface area contributed by atoms with Crippen molar-refractivity contribution >= 4 is 27.6 Å². The zero-order chi connectivity index (χ0) is 29.3. The van der Waals surface area contributed by atoms with Crippen LogP contribution in [-0.2, 0) is 41.4 Å². The van der Waals surface area contributed by atoms with Crippen molar-refractivity contribution in [3.8, 4) is 11.5 Å². The Bertz CT molecular complexity index is 1570. The minimum absolute atomic E-state index is 0.0744. The summed E-state index contributed by atoms with van der Waals surface area (Å²) in [6.07, 6.45) is 2.04. The van der Waals surface area contributed by atoms with Crippen LogP contribution in [-0.4, -0.2) is 57.0 Å². The molecule has 2 fully saturated rings. The second-order valence-electron chi connectivity index (χ2n) is 10.5. The molecule has 3 aromatic rings. The van der Waals surface area contributed by atoms with Crippen LogP contribution in [0.2, 0.25) is 0 Å². The number of fused-ring (bicyclic) bond motifs is 2. The van der Waals surface area contributed by atoms with Crippen LogP contribution in [0.15, 0.2) is 77.7 Å². The number of nitrogens with zero attached hydrogens (tertiary/aromatic N) is 2. The molecule has 1 atom stereocenters. The molecule has 3 heterocycles. The fourth-order valence-electron chi connectivity index (χ4n) is 5.69. The summed E-state index contributed by atoms with van der Waals surface area (Å²) >= 11 is 0. The highest BCUT2D eigenvalue weighted by Crippen LogP contribution is 2.47. The largest absolute Gasteiger partial charge is 0.492 e. The van der Waals surface area contributed by atoms with E-state index in [2.05, 4.69) is 0 Å². The maximum Gasteiger partial charge on any atom is 0.308 e. The smallest absolute Gasteiger partial charge is 0.308 e. The highest BCUT2D eigenvalue weighted by Gasteiger charge is 2.55. The molecule has 42 heavy (non-hydrogen) atoms. The van der Waals surface area contributed by atoms with E-state index < -0.39 is 27.7 Å². The quantitative estimate of drug-likeness (QED) is 0.285. The minimum Gasteiger partial charge on any atom is -0.492 e. The van der Waals surface area contributed by atoms with Gasteiger partial charge in [0.25, 0.3) is 11.7 Å². The molecule has 0 bridgehead atoms. The summed E-state index contributed by atoms with van der Waals surface area (Å²) < 4.78 is 52.4. The normalized spacial score (nSPS) is 20.1. The number of ether oxygens (including phenoxy) is 4. The van der Waals surface area contributed by atoms with Gasteiger partial charge in [0.2, 0.25) is 10.0 Å². The summed E-state index contributed by atoms with van der Waals surface area (Å²) in [7, 11) is -3.91. The number of amides is 1. The van der Waals surface area contributed by atoms with E-state index >= 15 is 0 Å². The van der Waals surface area contributed by atoms with Gasteiger partial charge in [-0.15, -0.1) is 0 Å². The Balaban J connectivity index is 1.29. The SMILES string of the molecule is CC(=O)Oc1ccc(CN2C(=O)C3(OCCCO3)c3cc(S(=O)(=O)N4CCC[C@H]4COc4ccccc4)ccc32)cc1. The number of hydrogen-bond acceptors (Lipinski definition) is 8. The van der Waals surface area contributed by atoms with Gasteiger partial charge in [0, 0.05) is 19.0 Å². The molecule has 6 rings (SSSR count). The first kappa shape index (κ1) is 28.4. The molecule has 0 N–H and O–H groups in total. The molecule has 1 spiro atoms. The molecule has 3 aliphatic heterocycles. The minimum atomic E-state index is -3.91. The molecule has 11 heteroatoms. The van der Waals surface area contributed by atoms with Crippen LogP contribution in [0.1, 0.15) is 37.3 Å². The third-order valence-electron chi connectivity index (χ3n) is 7.68. The predicted octanol–water partition coefficient (Wildman–Crippen LogP) is 3.98. The molecule has 220 valence electrons. The monoisotopic (exact) mass is 592 g/mol. The molecule has 10 nitrogen and oxygen atoms in total.